The number of nitrogens with zero attached hydrogens (tertiary/aromatic N) is 3. The summed E-state index contributed by atoms with van der Waals surface area (Å²) in [5, 5.41) is 17.8. The van der Waals surface area contributed by atoms with Crippen molar-refractivity contribution in [2.75, 3.05) is 7.11 Å². The van der Waals surface area contributed by atoms with Gasteiger partial charge in [-0.15, -0.1) is 10.2 Å². The number of rotatable bonds is 2. The number of hydrogen-bond acceptors (Lipinski definition) is 5. The summed E-state index contributed by atoms with van der Waals surface area (Å²) in [4.78, 5) is 11.6. The number of phenolic OH excluding ortho intramolecular Hbond substituents is 1. The number of phenols is 1. The zero-order valence-electron chi connectivity index (χ0n) is 11.6. The van der Waals surface area contributed by atoms with E-state index in [1.165, 1.54) is 7.11 Å². The second kappa shape index (κ2) is 4.90. The van der Waals surface area contributed by atoms with E-state index >= 15 is 0 Å². The molecule has 0 atom stereocenters. The third kappa shape index (κ3) is 2.20. The standard InChI is InChI=1S/C15H13N3O3/c1-9-7-10(3-5-12(9)19)14-17-16-13-6-4-11(8-18(13)14)15(20)21-2/h3-8,19H,1-2H3. The summed E-state index contributed by atoms with van der Waals surface area (Å²) in [6, 6.07) is 8.52. The first-order valence-electron chi connectivity index (χ1n) is 6.33. The van der Waals surface area contributed by atoms with Gasteiger partial charge in [0.1, 0.15) is 5.75 Å². The molecular formula is C15H13N3O3. The normalized spacial score (nSPS) is 10.8. The van der Waals surface area contributed by atoms with Crippen LogP contribution in [0.15, 0.2) is 36.5 Å². The van der Waals surface area contributed by atoms with E-state index in [1.54, 1.807) is 34.9 Å². The van der Waals surface area contributed by atoms with Crippen molar-refractivity contribution in [1.82, 2.24) is 14.6 Å². The topological polar surface area (TPSA) is 76.7 Å². The van der Waals surface area contributed by atoms with Crippen LogP contribution in [0.1, 0.15) is 15.9 Å². The molecule has 6 nitrogen and oxygen atoms in total. The molecule has 106 valence electrons. The molecule has 0 unspecified atom stereocenters. The largest absolute Gasteiger partial charge is 0.508 e. The van der Waals surface area contributed by atoms with Gasteiger partial charge in [0.05, 0.1) is 12.7 Å². The van der Waals surface area contributed by atoms with Gasteiger partial charge in [-0.05, 0) is 42.8 Å². The van der Waals surface area contributed by atoms with Gasteiger partial charge in [0.25, 0.3) is 0 Å². The fourth-order valence-electron chi connectivity index (χ4n) is 2.12. The van der Waals surface area contributed by atoms with Crippen molar-refractivity contribution in [3.8, 4) is 17.1 Å². The SMILES string of the molecule is COC(=O)c1ccc2nnc(-c3ccc(O)c(C)c3)n2c1. The fraction of sp³-hybridized carbons (Fsp3) is 0.133. The van der Waals surface area contributed by atoms with E-state index in [9.17, 15) is 9.90 Å². The number of aromatic hydroxyl groups is 1. The molecule has 6 heteroatoms. The molecule has 0 bridgehead atoms. The van der Waals surface area contributed by atoms with Crippen molar-refractivity contribution in [1.29, 1.82) is 0 Å². The third-order valence-electron chi connectivity index (χ3n) is 3.28. The molecule has 0 aliphatic carbocycles. The van der Waals surface area contributed by atoms with Crippen LogP contribution in [0, 0.1) is 6.92 Å². The average molecular weight is 283 g/mol. The molecule has 2 heterocycles. The van der Waals surface area contributed by atoms with Crippen LogP contribution in [0.4, 0.5) is 0 Å². The molecular weight excluding hydrogens is 270 g/mol. The summed E-state index contributed by atoms with van der Waals surface area (Å²) >= 11 is 0. The first-order valence-corrected chi connectivity index (χ1v) is 6.33. The van der Waals surface area contributed by atoms with Gasteiger partial charge in [-0.25, -0.2) is 4.79 Å². The van der Waals surface area contributed by atoms with E-state index in [0.29, 0.717) is 17.0 Å². The van der Waals surface area contributed by atoms with Crippen molar-refractivity contribution < 1.29 is 14.6 Å². The first-order chi connectivity index (χ1) is 10.1. The zero-order chi connectivity index (χ0) is 15.0. The lowest BCUT2D eigenvalue weighted by Crippen LogP contribution is -2.03. The van der Waals surface area contributed by atoms with E-state index in [2.05, 4.69) is 10.2 Å². The Bertz CT molecular complexity index is 839. The van der Waals surface area contributed by atoms with Crippen LogP contribution in [-0.4, -0.2) is 32.8 Å². The predicted molar refractivity (Wildman–Crippen MR) is 76.2 cm³/mol. The summed E-state index contributed by atoms with van der Waals surface area (Å²) in [6.45, 7) is 1.81. The Morgan fingerprint density at radius 1 is 1.24 bits per heavy atom. The number of esters is 1. The molecule has 2 aromatic heterocycles. The van der Waals surface area contributed by atoms with Crippen LogP contribution in [0.5, 0.6) is 5.75 Å². The smallest absolute Gasteiger partial charge is 0.339 e. The number of pyridine rings is 1. The molecule has 1 N–H and O–H groups in total. The highest BCUT2D eigenvalue weighted by Gasteiger charge is 2.12. The summed E-state index contributed by atoms with van der Waals surface area (Å²) in [5.41, 5.74) is 2.60. The maximum Gasteiger partial charge on any atom is 0.339 e. The quantitative estimate of drug-likeness (QED) is 0.729. The molecule has 0 fully saturated rings. The Balaban J connectivity index is 2.18. The van der Waals surface area contributed by atoms with Crippen LogP contribution in [0.3, 0.4) is 0 Å². The van der Waals surface area contributed by atoms with Crippen LogP contribution < -0.4 is 0 Å². The molecule has 0 radical (unpaired) electrons. The number of fused-ring (bicyclic) bond motifs is 1. The van der Waals surface area contributed by atoms with E-state index in [1.807, 2.05) is 13.0 Å². The Kier molecular flexibility index (Phi) is 3.06. The zero-order valence-corrected chi connectivity index (χ0v) is 11.6. The van der Waals surface area contributed by atoms with Crippen molar-refractivity contribution in [2.45, 2.75) is 6.92 Å². The van der Waals surface area contributed by atoms with Gasteiger partial charge in [-0.2, -0.15) is 0 Å². The van der Waals surface area contributed by atoms with E-state index in [4.69, 9.17) is 4.74 Å². The van der Waals surface area contributed by atoms with Gasteiger partial charge >= 0.3 is 5.97 Å². The lowest BCUT2D eigenvalue weighted by atomic mass is 10.1. The lowest BCUT2D eigenvalue weighted by Gasteiger charge is -2.04. The van der Waals surface area contributed by atoms with Crippen molar-refractivity contribution in [2.24, 2.45) is 0 Å². The monoisotopic (exact) mass is 283 g/mol. The lowest BCUT2D eigenvalue weighted by molar-refractivity contribution is 0.0600. The first kappa shape index (κ1) is 13.1. The second-order valence-electron chi connectivity index (χ2n) is 4.66. The molecule has 1 aromatic carbocycles. The molecule has 0 saturated heterocycles. The Labute approximate surface area is 120 Å². The minimum absolute atomic E-state index is 0.225. The van der Waals surface area contributed by atoms with Gasteiger partial charge in [0.2, 0.25) is 0 Å². The number of aromatic nitrogens is 3. The van der Waals surface area contributed by atoms with E-state index in [-0.39, 0.29) is 5.75 Å². The van der Waals surface area contributed by atoms with E-state index < -0.39 is 5.97 Å². The van der Waals surface area contributed by atoms with Gasteiger partial charge in [0, 0.05) is 11.8 Å². The minimum atomic E-state index is -0.418. The summed E-state index contributed by atoms with van der Waals surface area (Å²) < 4.78 is 6.44. The molecule has 0 saturated carbocycles. The van der Waals surface area contributed by atoms with Crippen LogP contribution in [-0.2, 0) is 4.74 Å². The molecule has 21 heavy (non-hydrogen) atoms. The maximum atomic E-state index is 11.6. The van der Waals surface area contributed by atoms with Gasteiger partial charge < -0.3 is 9.84 Å². The second-order valence-corrected chi connectivity index (χ2v) is 4.66. The van der Waals surface area contributed by atoms with E-state index in [0.717, 1.165) is 11.1 Å². The number of aryl methyl sites for hydroxylation is 1. The number of ether oxygens (including phenoxy) is 1. The molecule has 0 amide bonds. The maximum absolute atomic E-state index is 11.6. The van der Waals surface area contributed by atoms with Gasteiger partial charge in [0.15, 0.2) is 11.5 Å². The molecule has 3 aromatic rings. The summed E-state index contributed by atoms with van der Waals surface area (Å²) in [7, 11) is 1.34. The highest BCUT2D eigenvalue weighted by molar-refractivity contribution is 5.89. The Hall–Kier alpha value is -2.89. The van der Waals surface area contributed by atoms with Crippen molar-refractivity contribution in [3.05, 3.63) is 47.7 Å². The number of methoxy groups -OCH3 is 1. The Morgan fingerprint density at radius 3 is 2.76 bits per heavy atom. The molecule has 0 spiro atoms. The summed E-state index contributed by atoms with van der Waals surface area (Å²) in [5.74, 6) is 0.403. The molecule has 0 aliphatic heterocycles. The average Bonchev–Trinajstić information content (AvgIpc) is 2.92. The minimum Gasteiger partial charge on any atom is -0.508 e. The van der Waals surface area contributed by atoms with Crippen LogP contribution in [0.2, 0.25) is 0 Å². The van der Waals surface area contributed by atoms with Crippen LogP contribution in [0.25, 0.3) is 17.0 Å². The summed E-state index contributed by atoms with van der Waals surface area (Å²) in [6.07, 6.45) is 1.64. The Morgan fingerprint density at radius 2 is 2.05 bits per heavy atom. The predicted octanol–water partition coefficient (Wildman–Crippen LogP) is 2.20. The van der Waals surface area contributed by atoms with Crippen molar-refractivity contribution in [3.63, 3.8) is 0 Å². The van der Waals surface area contributed by atoms with Gasteiger partial charge in [-0.1, -0.05) is 0 Å². The van der Waals surface area contributed by atoms with Gasteiger partial charge in [-0.3, -0.25) is 4.40 Å². The van der Waals surface area contributed by atoms with Crippen molar-refractivity contribution >= 4 is 11.6 Å². The molecule has 0 aliphatic rings. The van der Waals surface area contributed by atoms with Crippen LogP contribution >= 0.6 is 0 Å². The number of carbonyl (C=O) groups excluding carboxylic acids is 1. The highest BCUT2D eigenvalue weighted by Crippen LogP contribution is 2.24. The highest BCUT2D eigenvalue weighted by atomic mass is 16.5. The molecule has 3 rings (SSSR count). The number of carbonyl (C=O) groups is 1. The fourth-order valence-corrected chi connectivity index (χ4v) is 2.12. The number of hydrogen-bond donors (Lipinski definition) is 1. The third-order valence-corrected chi connectivity index (χ3v) is 3.28. The number of benzene rings is 1.